The Labute approximate surface area is 102 Å². The van der Waals surface area contributed by atoms with Gasteiger partial charge in [0.05, 0.1) is 12.2 Å². The number of aromatic carboxylic acids is 1. The van der Waals surface area contributed by atoms with Crippen LogP contribution in [0.15, 0.2) is 36.9 Å². The molecular weight excluding hydrogens is 216 g/mol. The van der Waals surface area contributed by atoms with Gasteiger partial charge in [-0.1, -0.05) is 12.1 Å². The molecule has 92 valence electrons. The lowest BCUT2D eigenvalue weighted by atomic mass is 10.2. The standard InChI is InChI=1S/C14H18O3/c1-2-3-4-5-6-10-17-13-9-7-8-12(11-13)14(15)16/h2,7-9,11H,1,3-6,10H2,(H,15,16). The van der Waals surface area contributed by atoms with Crippen molar-refractivity contribution < 1.29 is 14.6 Å². The highest BCUT2D eigenvalue weighted by Crippen LogP contribution is 2.14. The summed E-state index contributed by atoms with van der Waals surface area (Å²) in [5.74, 6) is -0.310. The van der Waals surface area contributed by atoms with E-state index in [4.69, 9.17) is 9.84 Å². The lowest BCUT2D eigenvalue weighted by Gasteiger charge is -2.06. The average molecular weight is 234 g/mol. The van der Waals surface area contributed by atoms with Gasteiger partial charge in [0.1, 0.15) is 5.75 Å². The second-order valence-corrected chi connectivity index (χ2v) is 3.82. The van der Waals surface area contributed by atoms with Gasteiger partial charge in [-0.3, -0.25) is 0 Å². The molecule has 0 amide bonds. The zero-order chi connectivity index (χ0) is 12.5. The van der Waals surface area contributed by atoms with Gasteiger partial charge in [-0.15, -0.1) is 6.58 Å². The van der Waals surface area contributed by atoms with Crippen molar-refractivity contribution in [3.8, 4) is 5.75 Å². The number of unbranched alkanes of at least 4 members (excludes halogenated alkanes) is 3. The first-order valence-corrected chi connectivity index (χ1v) is 5.81. The summed E-state index contributed by atoms with van der Waals surface area (Å²) in [4.78, 5) is 10.7. The van der Waals surface area contributed by atoms with Crippen molar-refractivity contribution in [3.63, 3.8) is 0 Å². The number of carboxylic acids is 1. The number of rotatable bonds is 8. The normalized spacial score (nSPS) is 9.88. The number of benzene rings is 1. The summed E-state index contributed by atoms with van der Waals surface area (Å²) < 4.78 is 5.49. The maximum atomic E-state index is 10.7. The number of hydrogen-bond acceptors (Lipinski definition) is 2. The summed E-state index contributed by atoms with van der Waals surface area (Å²) in [6, 6.07) is 6.57. The molecule has 0 radical (unpaired) electrons. The van der Waals surface area contributed by atoms with Crippen molar-refractivity contribution in [2.75, 3.05) is 6.61 Å². The number of ether oxygens (including phenoxy) is 1. The first-order valence-electron chi connectivity index (χ1n) is 5.81. The van der Waals surface area contributed by atoms with E-state index in [2.05, 4.69) is 6.58 Å². The fraction of sp³-hybridized carbons (Fsp3) is 0.357. The molecule has 0 aromatic heterocycles. The third-order valence-electron chi connectivity index (χ3n) is 2.40. The van der Waals surface area contributed by atoms with Crippen LogP contribution in [0.2, 0.25) is 0 Å². The Kier molecular flexibility index (Phi) is 5.86. The lowest BCUT2D eigenvalue weighted by Crippen LogP contribution is -2.00. The SMILES string of the molecule is C=CCCCCCOc1cccc(C(=O)O)c1. The molecule has 0 saturated carbocycles. The number of allylic oxidation sites excluding steroid dienone is 1. The minimum Gasteiger partial charge on any atom is -0.494 e. The largest absolute Gasteiger partial charge is 0.494 e. The Morgan fingerprint density at radius 2 is 2.18 bits per heavy atom. The van der Waals surface area contributed by atoms with Crippen LogP contribution in [-0.4, -0.2) is 17.7 Å². The molecule has 0 aliphatic carbocycles. The van der Waals surface area contributed by atoms with Crippen LogP contribution in [0.3, 0.4) is 0 Å². The molecule has 0 saturated heterocycles. The minimum atomic E-state index is -0.929. The van der Waals surface area contributed by atoms with Crippen LogP contribution >= 0.6 is 0 Å². The summed E-state index contributed by atoms with van der Waals surface area (Å²) in [5, 5.41) is 8.81. The van der Waals surface area contributed by atoms with Gasteiger partial charge < -0.3 is 9.84 Å². The van der Waals surface area contributed by atoms with E-state index in [1.165, 1.54) is 0 Å². The van der Waals surface area contributed by atoms with Crippen LogP contribution in [0.5, 0.6) is 5.75 Å². The molecule has 1 N–H and O–H groups in total. The second-order valence-electron chi connectivity index (χ2n) is 3.82. The van der Waals surface area contributed by atoms with Crippen LogP contribution in [0, 0.1) is 0 Å². The highest BCUT2D eigenvalue weighted by Gasteiger charge is 2.03. The number of hydrogen-bond donors (Lipinski definition) is 1. The molecule has 0 aliphatic rings. The Morgan fingerprint density at radius 3 is 2.88 bits per heavy atom. The molecule has 17 heavy (non-hydrogen) atoms. The maximum Gasteiger partial charge on any atom is 0.335 e. The summed E-state index contributed by atoms with van der Waals surface area (Å²) >= 11 is 0. The molecule has 0 spiro atoms. The highest BCUT2D eigenvalue weighted by atomic mass is 16.5. The Bertz CT molecular complexity index is 371. The van der Waals surface area contributed by atoms with Crippen molar-refractivity contribution in [2.45, 2.75) is 25.7 Å². The van der Waals surface area contributed by atoms with Gasteiger partial charge >= 0.3 is 5.97 Å². The van der Waals surface area contributed by atoms with Gasteiger partial charge in [0, 0.05) is 0 Å². The Morgan fingerprint density at radius 1 is 1.35 bits per heavy atom. The fourth-order valence-corrected chi connectivity index (χ4v) is 1.48. The van der Waals surface area contributed by atoms with Crippen LogP contribution in [0.1, 0.15) is 36.0 Å². The van der Waals surface area contributed by atoms with Crippen LogP contribution in [0.4, 0.5) is 0 Å². The smallest absolute Gasteiger partial charge is 0.335 e. The highest BCUT2D eigenvalue weighted by molar-refractivity contribution is 5.87. The molecular formula is C14H18O3. The number of carboxylic acid groups (broad SMARTS) is 1. The van der Waals surface area contributed by atoms with Crippen LogP contribution < -0.4 is 4.74 Å². The van der Waals surface area contributed by atoms with Crippen LogP contribution in [-0.2, 0) is 0 Å². The van der Waals surface area contributed by atoms with Gasteiger partial charge in [0.15, 0.2) is 0 Å². The molecule has 0 atom stereocenters. The van der Waals surface area contributed by atoms with E-state index in [1.807, 2.05) is 6.08 Å². The molecule has 0 unspecified atom stereocenters. The molecule has 0 bridgehead atoms. The summed E-state index contributed by atoms with van der Waals surface area (Å²) in [6.45, 7) is 4.29. The molecule has 0 fully saturated rings. The fourth-order valence-electron chi connectivity index (χ4n) is 1.48. The van der Waals surface area contributed by atoms with E-state index in [0.717, 1.165) is 25.7 Å². The lowest BCUT2D eigenvalue weighted by molar-refractivity contribution is 0.0696. The van der Waals surface area contributed by atoms with Gasteiger partial charge in [-0.05, 0) is 43.9 Å². The van der Waals surface area contributed by atoms with E-state index in [-0.39, 0.29) is 5.56 Å². The summed E-state index contributed by atoms with van der Waals surface area (Å²) in [6.07, 6.45) is 6.16. The second kappa shape index (κ2) is 7.49. The topological polar surface area (TPSA) is 46.5 Å². The van der Waals surface area contributed by atoms with E-state index < -0.39 is 5.97 Å². The Balaban J connectivity index is 2.29. The third kappa shape index (κ3) is 5.20. The summed E-state index contributed by atoms with van der Waals surface area (Å²) in [7, 11) is 0. The Hall–Kier alpha value is -1.77. The monoisotopic (exact) mass is 234 g/mol. The zero-order valence-electron chi connectivity index (χ0n) is 9.89. The molecule has 0 heterocycles. The first-order chi connectivity index (χ1) is 8.24. The molecule has 1 aromatic carbocycles. The molecule has 0 aliphatic heterocycles. The quantitative estimate of drug-likeness (QED) is 0.553. The van der Waals surface area contributed by atoms with Crippen molar-refractivity contribution in [3.05, 3.63) is 42.5 Å². The van der Waals surface area contributed by atoms with E-state index >= 15 is 0 Å². The average Bonchev–Trinajstić information content (AvgIpc) is 2.34. The van der Waals surface area contributed by atoms with Crippen molar-refractivity contribution in [1.82, 2.24) is 0 Å². The molecule has 1 aromatic rings. The third-order valence-corrected chi connectivity index (χ3v) is 2.40. The van der Waals surface area contributed by atoms with Gasteiger partial charge in [-0.2, -0.15) is 0 Å². The zero-order valence-corrected chi connectivity index (χ0v) is 9.89. The predicted molar refractivity (Wildman–Crippen MR) is 67.6 cm³/mol. The maximum absolute atomic E-state index is 10.7. The molecule has 1 rings (SSSR count). The van der Waals surface area contributed by atoms with Crippen molar-refractivity contribution in [2.24, 2.45) is 0 Å². The van der Waals surface area contributed by atoms with E-state index in [1.54, 1.807) is 24.3 Å². The first kappa shape index (κ1) is 13.3. The molecule has 3 nitrogen and oxygen atoms in total. The summed E-state index contributed by atoms with van der Waals surface area (Å²) in [5.41, 5.74) is 0.258. The van der Waals surface area contributed by atoms with Crippen molar-refractivity contribution in [1.29, 1.82) is 0 Å². The van der Waals surface area contributed by atoms with Gasteiger partial charge in [0.2, 0.25) is 0 Å². The predicted octanol–water partition coefficient (Wildman–Crippen LogP) is 3.51. The molecule has 3 heteroatoms. The van der Waals surface area contributed by atoms with E-state index in [0.29, 0.717) is 12.4 Å². The van der Waals surface area contributed by atoms with Gasteiger partial charge in [-0.25, -0.2) is 4.79 Å². The minimum absolute atomic E-state index is 0.258. The van der Waals surface area contributed by atoms with E-state index in [9.17, 15) is 4.79 Å². The van der Waals surface area contributed by atoms with Gasteiger partial charge in [0.25, 0.3) is 0 Å². The van der Waals surface area contributed by atoms with Crippen LogP contribution in [0.25, 0.3) is 0 Å². The van der Waals surface area contributed by atoms with Crippen molar-refractivity contribution >= 4 is 5.97 Å². The number of carbonyl (C=O) groups is 1.